The van der Waals surface area contributed by atoms with Crippen molar-refractivity contribution in [1.82, 2.24) is 10.2 Å². The molecule has 0 bridgehead atoms. The van der Waals surface area contributed by atoms with Gasteiger partial charge in [0.2, 0.25) is 0 Å². The Hall–Kier alpha value is -2.05. The summed E-state index contributed by atoms with van der Waals surface area (Å²) in [6.45, 7) is 2.81. The second-order valence-electron chi connectivity index (χ2n) is 6.82. The van der Waals surface area contributed by atoms with Crippen molar-refractivity contribution in [1.29, 1.82) is 0 Å². The zero-order valence-electron chi connectivity index (χ0n) is 15.4. The molecule has 3 nitrogen and oxygen atoms in total. The van der Waals surface area contributed by atoms with E-state index in [0.29, 0.717) is 6.54 Å². The van der Waals surface area contributed by atoms with Gasteiger partial charge in [0.05, 0.1) is 12.7 Å². The van der Waals surface area contributed by atoms with Gasteiger partial charge in [-0.1, -0.05) is 30.3 Å². The van der Waals surface area contributed by atoms with Crippen LogP contribution in [0, 0.1) is 0 Å². The average Bonchev–Trinajstić information content (AvgIpc) is 3.19. The van der Waals surface area contributed by atoms with E-state index < -0.39 is 11.7 Å². The molecule has 0 aliphatic carbocycles. The van der Waals surface area contributed by atoms with Crippen molar-refractivity contribution in [3.63, 3.8) is 0 Å². The first-order chi connectivity index (χ1) is 13.0. The minimum absolute atomic E-state index is 0.136. The van der Waals surface area contributed by atoms with Crippen LogP contribution >= 0.6 is 0 Å². The number of benzene rings is 2. The zero-order chi connectivity index (χ0) is 19.3. The van der Waals surface area contributed by atoms with Crippen molar-refractivity contribution < 1.29 is 17.9 Å². The van der Waals surface area contributed by atoms with Gasteiger partial charge >= 0.3 is 6.18 Å². The van der Waals surface area contributed by atoms with Crippen molar-refractivity contribution in [2.75, 3.05) is 26.7 Å². The maximum absolute atomic E-state index is 13.2. The van der Waals surface area contributed by atoms with Crippen LogP contribution in [0.3, 0.4) is 0 Å². The molecule has 1 aliphatic rings. The first-order valence-electron chi connectivity index (χ1n) is 9.23. The van der Waals surface area contributed by atoms with Gasteiger partial charge in [-0.05, 0) is 55.3 Å². The SMILES string of the molecule is COc1ccc(C(CNCc2ccccc2C(F)(F)F)N2CCCC2)cc1. The van der Waals surface area contributed by atoms with Gasteiger partial charge in [-0.3, -0.25) is 4.90 Å². The monoisotopic (exact) mass is 378 g/mol. The van der Waals surface area contributed by atoms with Crippen molar-refractivity contribution in [3.05, 3.63) is 65.2 Å². The van der Waals surface area contributed by atoms with Gasteiger partial charge in [-0.25, -0.2) is 0 Å². The van der Waals surface area contributed by atoms with E-state index in [9.17, 15) is 13.2 Å². The van der Waals surface area contributed by atoms with E-state index in [1.54, 1.807) is 13.2 Å². The molecule has 1 unspecified atom stereocenters. The highest BCUT2D eigenvalue weighted by atomic mass is 19.4. The van der Waals surface area contributed by atoms with Crippen molar-refractivity contribution in [2.45, 2.75) is 31.6 Å². The molecule has 2 aromatic rings. The van der Waals surface area contributed by atoms with E-state index in [0.717, 1.165) is 43.3 Å². The van der Waals surface area contributed by atoms with Crippen LogP contribution in [0.4, 0.5) is 13.2 Å². The number of rotatable bonds is 7. The minimum Gasteiger partial charge on any atom is -0.497 e. The summed E-state index contributed by atoms with van der Waals surface area (Å²) in [5, 5.41) is 3.25. The highest BCUT2D eigenvalue weighted by Crippen LogP contribution is 2.32. The molecule has 6 heteroatoms. The lowest BCUT2D eigenvalue weighted by atomic mass is 10.0. The van der Waals surface area contributed by atoms with Crippen molar-refractivity contribution in [2.24, 2.45) is 0 Å². The third-order valence-corrected chi connectivity index (χ3v) is 5.06. The van der Waals surface area contributed by atoms with Gasteiger partial charge in [-0.15, -0.1) is 0 Å². The topological polar surface area (TPSA) is 24.5 Å². The molecule has 146 valence electrons. The molecule has 27 heavy (non-hydrogen) atoms. The number of hydrogen-bond donors (Lipinski definition) is 1. The summed E-state index contributed by atoms with van der Waals surface area (Å²) in [6, 6.07) is 13.8. The lowest BCUT2D eigenvalue weighted by Gasteiger charge is -2.28. The van der Waals surface area contributed by atoms with Crippen LogP contribution in [-0.2, 0) is 12.7 Å². The Morgan fingerprint density at radius 2 is 1.70 bits per heavy atom. The fraction of sp³-hybridized carbons (Fsp3) is 0.429. The molecule has 3 rings (SSSR count). The summed E-state index contributed by atoms with van der Waals surface area (Å²) < 4.78 is 44.7. The summed E-state index contributed by atoms with van der Waals surface area (Å²) >= 11 is 0. The normalized spacial score (nSPS) is 16.4. The standard InChI is InChI=1S/C21H25F3N2O/c1-27-18-10-8-16(9-11-18)20(26-12-4-5-13-26)15-25-14-17-6-2-3-7-19(17)21(22,23)24/h2-3,6-11,20,25H,4-5,12-15H2,1H3. The molecule has 2 aromatic carbocycles. The maximum atomic E-state index is 13.2. The van der Waals surface area contributed by atoms with E-state index in [-0.39, 0.29) is 18.2 Å². The molecule has 1 atom stereocenters. The molecular weight excluding hydrogens is 353 g/mol. The Balaban J connectivity index is 1.70. The lowest BCUT2D eigenvalue weighted by Crippen LogP contribution is -2.34. The Labute approximate surface area is 158 Å². The number of likely N-dealkylation sites (tertiary alicyclic amines) is 1. The van der Waals surface area contributed by atoms with Gasteiger partial charge in [0.1, 0.15) is 5.75 Å². The fourth-order valence-electron chi connectivity index (χ4n) is 3.63. The van der Waals surface area contributed by atoms with E-state index in [4.69, 9.17) is 4.74 Å². The second kappa shape index (κ2) is 8.76. The highest BCUT2D eigenvalue weighted by Gasteiger charge is 2.32. The van der Waals surface area contributed by atoms with Gasteiger partial charge < -0.3 is 10.1 Å². The number of nitrogens with one attached hydrogen (secondary N) is 1. The van der Waals surface area contributed by atoms with Crippen molar-refractivity contribution in [3.8, 4) is 5.75 Å². The summed E-state index contributed by atoms with van der Waals surface area (Å²) in [7, 11) is 1.63. The molecule has 1 aliphatic heterocycles. The van der Waals surface area contributed by atoms with Crippen LogP contribution < -0.4 is 10.1 Å². The lowest BCUT2D eigenvalue weighted by molar-refractivity contribution is -0.138. The maximum Gasteiger partial charge on any atom is 0.416 e. The van der Waals surface area contributed by atoms with Crippen LogP contribution in [0.15, 0.2) is 48.5 Å². The quantitative estimate of drug-likeness (QED) is 0.760. The third kappa shape index (κ3) is 5.02. The Bertz CT molecular complexity index is 725. The third-order valence-electron chi connectivity index (χ3n) is 5.06. The first kappa shape index (κ1) is 19.7. The highest BCUT2D eigenvalue weighted by molar-refractivity contribution is 5.31. The molecule has 0 radical (unpaired) electrons. The number of methoxy groups -OCH3 is 1. The molecule has 0 amide bonds. The minimum atomic E-state index is -4.33. The number of alkyl halides is 3. The summed E-state index contributed by atoms with van der Waals surface area (Å²) in [6.07, 6.45) is -2.02. The van der Waals surface area contributed by atoms with Crippen LogP contribution in [0.2, 0.25) is 0 Å². The smallest absolute Gasteiger partial charge is 0.416 e. The Morgan fingerprint density at radius 3 is 2.33 bits per heavy atom. The van der Waals surface area contributed by atoms with Crippen LogP contribution in [-0.4, -0.2) is 31.6 Å². The predicted octanol–water partition coefficient (Wildman–Crippen LogP) is 4.64. The van der Waals surface area contributed by atoms with Crippen LogP contribution in [0.5, 0.6) is 5.75 Å². The average molecular weight is 378 g/mol. The Morgan fingerprint density at radius 1 is 1.04 bits per heavy atom. The van der Waals surface area contributed by atoms with E-state index >= 15 is 0 Å². The molecule has 1 fully saturated rings. The molecule has 0 saturated carbocycles. The van der Waals surface area contributed by atoms with Gasteiger partial charge in [0.25, 0.3) is 0 Å². The van der Waals surface area contributed by atoms with E-state index in [1.807, 2.05) is 24.3 Å². The summed E-state index contributed by atoms with van der Waals surface area (Å²) in [5.41, 5.74) is 0.855. The number of ether oxygens (including phenoxy) is 1. The van der Waals surface area contributed by atoms with Gasteiger partial charge in [0.15, 0.2) is 0 Å². The summed E-state index contributed by atoms with van der Waals surface area (Å²) in [4.78, 5) is 2.39. The zero-order valence-corrected chi connectivity index (χ0v) is 15.4. The molecule has 0 spiro atoms. The van der Waals surface area contributed by atoms with Crippen LogP contribution in [0.25, 0.3) is 0 Å². The largest absolute Gasteiger partial charge is 0.497 e. The number of nitrogens with zero attached hydrogens (tertiary/aromatic N) is 1. The molecule has 1 N–H and O–H groups in total. The van der Waals surface area contributed by atoms with Gasteiger partial charge in [-0.2, -0.15) is 13.2 Å². The summed E-state index contributed by atoms with van der Waals surface area (Å²) in [5.74, 6) is 0.797. The second-order valence-corrected chi connectivity index (χ2v) is 6.82. The number of hydrogen-bond acceptors (Lipinski definition) is 3. The van der Waals surface area contributed by atoms with Gasteiger partial charge in [0, 0.05) is 19.1 Å². The van der Waals surface area contributed by atoms with Crippen molar-refractivity contribution >= 4 is 0 Å². The molecule has 1 heterocycles. The van der Waals surface area contributed by atoms with E-state index in [1.165, 1.54) is 12.1 Å². The fourth-order valence-corrected chi connectivity index (χ4v) is 3.63. The molecule has 0 aromatic heterocycles. The van der Waals surface area contributed by atoms with E-state index in [2.05, 4.69) is 10.2 Å². The van der Waals surface area contributed by atoms with Crippen LogP contribution in [0.1, 0.15) is 35.6 Å². The molecular formula is C21H25F3N2O. The predicted molar refractivity (Wildman–Crippen MR) is 99.7 cm³/mol. The Kier molecular flexibility index (Phi) is 6.39. The first-order valence-corrected chi connectivity index (χ1v) is 9.23. The molecule has 1 saturated heterocycles. The number of halogens is 3.